The summed E-state index contributed by atoms with van der Waals surface area (Å²) in [5.41, 5.74) is 2.68. The molecule has 176 valence electrons. The Morgan fingerprint density at radius 1 is 0.914 bits per heavy atom. The van der Waals surface area contributed by atoms with Crippen molar-refractivity contribution in [2.75, 3.05) is 13.7 Å². The first-order valence-electron chi connectivity index (χ1n) is 11.1. The minimum Gasteiger partial charge on any atom is -0.496 e. The molecule has 0 radical (unpaired) electrons. The van der Waals surface area contributed by atoms with Crippen molar-refractivity contribution in [3.63, 3.8) is 0 Å². The predicted octanol–water partition coefficient (Wildman–Crippen LogP) is 5.68. The fourth-order valence-corrected chi connectivity index (χ4v) is 4.40. The summed E-state index contributed by atoms with van der Waals surface area (Å²) in [6.07, 6.45) is 0. The van der Waals surface area contributed by atoms with E-state index in [4.69, 9.17) is 14.0 Å². The Morgan fingerprint density at radius 3 is 2.46 bits per heavy atom. The van der Waals surface area contributed by atoms with Gasteiger partial charge in [-0.2, -0.15) is 4.98 Å². The second-order valence-corrected chi connectivity index (χ2v) is 8.38. The first-order chi connectivity index (χ1) is 17.3. The van der Waals surface area contributed by atoms with Crippen LogP contribution in [0.1, 0.15) is 12.8 Å². The monoisotopic (exact) mass is 485 g/mol. The summed E-state index contributed by atoms with van der Waals surface area (Å²) in [7, 11) is 1.62. The highest BCUT2D eigenvalue weighted by atomic mass is 32.2. The van der Waals surface area contributed by atoms with Gasteiger partial charge in [-0.25, -0.2) is 0 Å². The van der Waals surface area contributed by atoms with E-state index in [-0.39, 0.29) is 0 Å². The van der Waals surface area contributed by atoms with Gasteiger partial charge in [-0.1, -0.05) is 59.4 Å². The zero-order valence-electron chi connectivity index (χ0n) is 19.3. The second kappa shape index (κ2) is 10.4. The predicted molar refractivity (Wildman–Crippen MR) is 134 cm³/mol. The average molecular weight is 486 g/mol. The summed E-state index contributed by atoms with van der Waals surface area (Å²) >= 11 is 1.47. The highest BCUT2D eigenvalue weighted by molar-refractivity contribution is 7.98. The molecule has 0 fully saturated rings. The van der Waals surface area contributed by atoms with Crippen molar-refractivity contribution in [3.8, 4) is 40.0 Å². The van der Waals surface area contributed by atoms with Crippen LogP contribution in [0.5, 0.6) is 11.5 Å². The number of benzene rings is 3. The number of methoxy groups -OCH3 is 1. The minimum absolute atomic E-state index is 0.437. The molecular weight excluding hydrogens is 462 g/mol. The molecule has 0 atom stereocenters. The molecule has 0 unspecified atom stereocenters. The van der Waals surface area contributed by atoms with Gasteiger partial charge in [-0.15, -0.1) is 10.2 Å². The van der Waals surface area contributed by atoms with Gasteiger partial charge in [-0.3, -0.25) is 4.57 Å². The fraction of sp³-hybridized carbons (Fsp3) is 0.154. The second-order valence-electron chi connectivity index (χ2n) is 7.44. The maximum Gasteiger partial charge on any atom is 0.237 e. The van der Waals surface area contributed by atoms with E-state index >= 15 is 0 Å². The van der Waals surface area contributed by atoms with Gasteiger partial charge in [0.2, 0.25) is 11.7 Å². The molecule has 0 spiro atoms. The minimum atomic E-state index is 0.437. The van der Waals surface area contributed by atoms with E-state index in [0.717, 1.165) is 28.4 Å². The summed E-state index contributed by atoms with van der Waals surface area (Å²) in [5.74, 6) is 3.66. The molecule has 0 aliphatic rings. The van der Waals surface area contributed by atoms with E-state index < -0.39 is 0 Å². The summed E-state index contributed by atoms with van der Waals surface area (Å²) < 4.78 is 18.5. The third kappa shape index (κ3) is 4.90. The lowest BCUT2D eigenvalue weighted by atomic mass is 10.2. The Morgan fingerprint density at radius 2 is 1.69 bits per heavy atom. The van der Waals surface area contributed by atoms with Gasteiger partial charge >= 0.3 is 0 Å². The first kappa shape index (κ1) is 22.7. The summed E-state index contributed by atoms with van der Waals surface area (Å²) in [5, 5.41) is 13.8. The van der Waals surface area contributed by atoms with Crippen LogP contribution in [0.3, 0.4) is 0 Å². The van der Waals surface area contributed by atoms with Gasteiger partial charge in [0.1, 0.15) is 11.5 Å². The maximum atomic E-state index is 5.60. The summed E-state index contributed by atoms with van der Waals surface area (Å²) in [6.45, 7) is 2.58. The molecule has 2 aromatic heterocycles. The lowest BCUT2D eigenvalue weighted by Gasteiger charge is -2.11. The number of nitrogens with zero attached hydrogens (tertiary/aromatic N) is 5. The molecular formula is C26H23N5O3S. The van der Waals surface area contributed by atoms with Gasteiger partial charge in [0, 0.05) is 11.3 Å². The van der Waals surface area contributed by atoms with Crippen LogP contribution in [0.25, 0.3) is 28.5 Å². The van der Waals surface area contributed by atoms with E-state index in [1.807, 2.05) is 90.4 Å². The SMILES string of the molecule is CCOc1ccc(-n2c(SCc3nc(-c4ccccc4OC)no3)nnc2-c2ccccc2)cc1. The molecule has 0 amide bonds. The first-order valence-corrected chi connectivity index (χ1v) is 12.1. The van der Waals surface area contributed by atoms with Crippen LogP contribution in [-0.2, 0) is 5.75 Å². The van der Waals surface area contributed by atoms with Crippen molar-refractivity contribution >= 4 is 11.8 Å². The Hall–Kier alpha value is -4.11. The zero-order chi connectivity index (χ0) is 24.0. The van der Waals surface area contributed by atoms with Crippen molar-refractivity contribution in [2.24, 2.45) is 0 Å². The lowest BCUT2D eigenvalue weighted by Crippen LogP contribution is -2.00. The van der Waals surface area contributed by atoms with Crippen LogP contribution in [0.2, 0.25) is 0 Å². The molecule has 0 saturated heterocycles. The Kier molecular flexibility index (Phi) is 6.76. The highest BCUT2D eigenvalue weighted by Crippen LogP contribution is 2.32. The number of hydrogen-bond donors (Lipinski definition) is 0. The normalized spacial score (nSPS) is 10.9. The molecule has 3 aromatic carbocycles. The van der Waals surface area contributed by atoms with Gasteiger partial charge < -0.3 is 14.0 Å². The third-order valence-electron chi connectivity index (χ3n) is 5.21. The van der Waals surface area contributed by atoms with Crippen molar-refractivity contribution in [3.05, 3.63) is 84.8 Å². The fourth-order valence-electron chi connectivity index (χ4n) is 3.61. The summed E-state index contributed by atoms with van der Waals surface area (Å²) in [4.78, 5) is 4.55. The molecule has 35 heavy (non-hydrogen) atoms. The van der Waals surface area contributed by atoms with Crippen LogP contribution in [0.15, 0.2) is 88.5 Å². The van der Waals surface area contributed by atoms with Gasteiger partial charge in [0.15, 0.2) is 11.0 Å². The number of para-hydroxylation sites is 1. The summed E-state index contributed by atoms with van der Waals surface area (Å²) in [6, 6.07) is 25.4. The number of ether oxygens (including phenoxy) is 2. The van der Waals surface area contributed by atoms with Crippen molar-refractivity contribution < 1.29 is 14.0 Å². The molecule has 0 saturated carbocycles. The van der Waals surface area contributed by atoms with Crippen LogP contribution in [0, 0.1) is 0 Å². The van der Waals surface area contributed by atoms with Crippen LogP contribution in [0.4, 0.5) is 0 Å². The smallest absolute Gasteiger partial charge is 0.237 e. The molecule has 2 heterocycles. The molecule has 5 rings (SSSR count). The van der Waals surface area contributed by atoms with E-state index in [1.54, 1.807) is 7.11 Å². The molecule has 0 N–H and O–H groups in total. The molecule has 5 aromatic rings. The third-order valence-corrected chi connectivity index (χ3v) is 6.13. The molecule has 0 bridgehead atoms. The van der Waals surface area contributed by atoms with Crippen LogP contribution in [-0.4, -0.2) is 38.6 Å². The molecule has 8 nitrogen and oxygen atoms in total. The molecule has 0 aliphatic carbocycles. The Balaban J connectivity index is 1.43. The largest absolute Gasteiger partial charge is 0.496 e. The van der Waals surface area contributed by atoms with Crippen molar-refractivity contribution in [1.82, 2.24) is 24.9 Å². The number of thioether (sulfide) groups is 1. The molecule has 0 aliphatic heterocycles. The van der Waals surface area contributed by atoms with E-state index in [1.165, 1.54) is 11.8 Å². The molecule has 9 heteroatoms. The zero-order valence-corrected chi connectivity index (χ0v) is 20.1. The van der Waals surface area contributed by atoms with Gasteiger partial charge in [0.25, 0.3) is 0 Å². The topological polar surface area (TPSA) is 88.1 Å². The number of hydrogen-bond acceptors (Lipinski definition) is 8. The van der Waals surface area contributed by atoms with E-state index in [0.29, 0.717) is 35.0 Å². The van der Waals surface area contributed by atoms with Crippen molar-refractivity contribution in [1.29, 1.82) is 0 Å². The highest BCUT2D eigenvalue weighted by Gasteiger charge is 2.18. The van der Waals surface area contributed by atoms with E-state index in [2.05, 4.69) is 20.3 Å². The Labute approximate surface area is 206 Å². The van der Waals surface area contributed by atoms with Gasteiger partial charge in [-0.05, 0) is 43.3 Å². The Bertz CT molecular complexity index is 1400. The number of aromatic nitrogens is 5. The van der Waals surface area contributed by atoms with E-state index in [9.17, 15) is 0 Å². The standard InChI is InChI=1S/C26H23N5O3S/c1-3-33-20-15-13-19(14-16-20)31-25(18-9-5-4-6-10-18)28-29-26(31)35-17-23-27-24(30-34-23)21-11-7-8-12-22(21)32-2/h4-16H,3,17H2,1-2H3. The van der Waals surface area contributed by atoms with Crippen LogP contribution >= 0.6 is 11.8 Å². The van der Waals surface area contributed by atoms with Gasteiger partial charge in [0.05, 0.1) is 25.0 Å². The van der Waals surface area contributed by atoms with Crippen LogP contribution < -0.4 is 9.47 Å². The quantitative estimate of drug-likeness (QED) is 0.246. The average Bonchev–Trinajstić information content (AvgIpc) is 3.56. The maximum absolute atomic E-state index is 5.60. The number of rotatable bonds is 9. The lowest BCUT2D eigenvalue weighted by molar-refractivity contribution is 0.340. The van der Waals surface area contributed by atoms with Crippen molar-refractivity contribution in [2.45, 2.75) is 17.8 Å².